The first kappa shape index (κ1) is 13.9. The molecule has 0 aliphatic carbocycles. The smallest absolute Gasteiger partial charge is 0.251 e. The number of amides is 1. The summed E-state index contributed by atoms with van der Waals surface area (Å²) in [7, 11) is 0. The second kappa shape index (κ2) is 6.06. The Morgan fingerprint density at radius 1 is 1.35 bits per heavy atom. The zero-order valence-corrected chi connectivity index (χ0v) is 10.3. The summed E-state index contributed by atoms with van der Waals surface area (Å²) in [5, 5.41) is 8.80. The highest BCUT2D eigenvalue weighted by atomic mass is 19.1. The summed E-state index contributed by atoms with van der Waals surface area (Å²) < 4.78 is 26.9. The molecule has 0 fully saturated rings. The molecule has 0 aliphatic heterocycles. The van der Waals surface area contributed by atoms with Crippen LogP contribution < -0.4 is 16.6 Å². The van der Waals surface area contributed by atoms with E-state index in [1.165, 1.54) is 6.33 Å². The average Bonchev–Trinajstić information content (AvgIpc) is 2.91. The van der Waals surface area contributed by atoms with Crippen molar-refractivity contribution in [2.24, 2.45) is 5.84 Å². The van der Waals surface area contributed by atoms with Gasteiger partial charge in [0.1, 0.15) is 17.8 Å². The van der Waals surface area contributed by atoms with Gasteiger partial charge in [0.2, 0.25) is 0 Å². The molecule has 0 unspecified atom stereocenters. The van der Waals surface area contributed by atoms with Crippen LogP contribution in [0.5, 0.6) is 0 Å². The van der Waals surface area contributed by atoms with Crippen molar-refractivity contribution in [1.82, 2.24) is 20.5 Å². The number of aromatic amines is 1. The van der Waals surface area contributed by atoms with Gasteiger partial charge in [0.15, 0.2) is 11.6 Å². The minimum atomic E-state index is -0.937. The summed E-state index contributed by atoms with van der Waals surface area (Å²) in [6, 6.07) is 1.81. The number of halogens is 2. The molecule has 0 spiro atoms. The van der Waals surface area contributed by atoms with Crippen molar-refractivity contribution in [3.05, 3.63) is 41.5 Å². The van der Waals surface area contributed by atoms with Gasteiger partial charge in [0.25, 0.3) is 5.91 Å². The number of nitrogen functional groups attached to an aromatic ring is 1. The van der Waals surface area contributed by atoms with Gasteiger partial charge in [-0.3, -0.25) is 15.7 Å². The van der Waals surface area contributed by atoms with Gasteiger partial charge in [0, 0.05) is 18.5 Å². The lowest BCUT2D eigenvalue weighted by atomic mass is 10.1. The molecule has 0 radical (unpaired) electrons. The highest BCUT2D eigenvalue weighted by Gasteiger charge is 2.14. The van der Waals surface area contributed by atoms with Gasteiger partial charge in [-0.1, -0.05) is 0 Å². The van der Waals surface area contributed by atoms with E-state index in [0.717, 1.165) is 12.1 Å². The first-order valence-corrected chi connectivity index (χ1v) is 5.70. The Kier molecular flexibility index (Phi) is 4.20. The Labute approximate surface area is 112 Å². The molecule has 1 aromatic heterocycles. The van der Waals surface area contributed by atoms with Gasteiger partial charge in [-0.15, -0.1) is 0 Å². The normalized spacial score (nSPS) is 10.3. The van der Waals surface area contributed by atoms with E-state index < -0.39 is 23.2 Å². The molecule has 9 heteroatoms. The molecule has 0 atom stereocenters. The zero-order chi connectivity index (χ0) is 14.5. The number of hydrazine groups is 1. The molecule has 1 heterocycles. The average molecular weight is 282 g/mol. The van der Waals surface area contributed by atoms with E-state index in [1.54, 1.807) is 0 Å². The molecule has 106 valence electrons. The van der Waals surface area contributed by atoms with E-state index in [0.29, 0.717) is 12.2 Å². The van der Waals surface area contributed by atoms with Gasteiger partial charge in [-0.05, 0) is 12.1 Å². The van der Waals surface area contributed by atoms with E-state index in [1.807, 2.05) is 5.43 Å². The molecular formula is C11H12F2N6O. The monoisotopic (exact) mass is 282 g/mol. The van der Waals surface area contributed by atoms with Crippen molar-refractivity contribution in [3.8, 4) is 0 Å². The number of anilines is 1. The third-order valence-electron chi connectivity index (χ3n) is 2.56. The fraction of sp³-hybridized carbons (Fsp3) is 0.182. The van der Waals surface area contributed by atoms with Gasteiger partial charge in [0.05, 0.1) is 0 Å². The SMILES string of the molecule is NNc1c(F)cc(C(=O)NCCc2ncn[nH]2)cc1F. The lowest BCUT2D eigenvalue weighted by Crippen LogP contribution is -2.26. The first-order valence-electron chi connectivity index (χ1n) is 5.70. The van der Waals surface area contributed by atoms with Crippen LogP contribution in [0.15, 0.2) is 18.5 Å². The molecule has 0 saturated carbocycles. The third kappa shape index (κ3) is 3.06. The molecule has 7 nitrogen and oxygen atoms in total. The number of H-pyrrole nitrogens is 1. The van der Waals surface area contributed by atoms with E-state index in [2.05, 4.69) is 20.5 Å². The van der Waals surface area contributed by atoms with Crippen LogP contribution in [0, 0.1) is 11.6 Å². The van der Waals surface area contributed by atoms with Crippen molar-refractivity contribution in [2.45, 2.75) is 6.42 Å². The zero-order valence-electron chi connectivity index (χ0n) is 10.3. The van der Waals surface area contributed by atoms with Crippen LogP contribution in [-0.4, -0.2) is 27.6 Å². The van der Waals surface area contributed by atoms with Crippen molar-refractivity contribution in [2.75, 3.05) is 12.0 Å². The van der Waals surface area contributed by atoms with Crippen LogP contribution in [0.1, 0.15) is 16.2 Å². The van der Waals surface area contributed by atoms with E-state index >= 15 is 0 Å². The van der Waals surface area contributed by atoms with Crippen molar-refractivity contribution >= 4 is 11.6 Å². The summed E-state index contributed by atoms with van der Waals surface area (Å²) >= 11 is 0. The van der Waals surface area contributed by atoms with Gasteiger partial charge in [-0.2, -0.15) is 5.10 Å². The number of carbonyl (C=O) groups excluding carboxylic acids is 1. The number of rotatable bonds is 5. The van der Waals surface area contributed by atoms with Crippen molar-refractivity contribution in [3.63, 3.8) is 0 Å². The number of hydrogen-bond donors (Lipinski definition) is 4. The Balaban J connectivity index is 1.99. The number of hydrogen-bond acceptors (Lipinski definition) is 5. The molecule has 5 N–H and O–H groups in total. The minimum Gasteiger partial charge on any atom is -0.352 e. The summed E-state index contributed by atoms with van der Waals surface area (Å²) in [5.41, 5.74) is 1.28. The molecule has 0 bridgehead atoms. The molecule has 0 aliphatic rings. The van der Waals surface area contributed by atoms with Gasteiger partial charge >= 0.3 is 0 Å². The summed E-state index contributed by atoms with van der Waals surface area (Å²) in [6.07, 6.45) is 1.78. The van der Waals surface area contributed by atoms with E-state index in [4.69, 9.17) is 5.84 Å². The van der Waals surface area contributed by atoms with Gasteiger partial charge in [-0.25, -0.2) is 13.8 Å². The molecule has 2 rings (SSSR count). The number of aromatic nitrogens is 3. The second-order valence-electron chi connectivity index (χ2n) is 3.90. The Morgan fingerprint density at radius 2 is 2.05 bits per heavy atom. The van der Waals surface area contributed by atoms with Crippen molar-refractivity contribution in [1.29, 1.82) is 0 Å². The Hall–Kier alpha value is -2.55. The number of benzene rings is 1. The fourth-order valence-corrected chi connectivity index (χ4v) is 1.59. The molecular weight excluding hydrogens is 270 g/mol. The highest BCUT2D eigenvalue weighted by molar-refractivity contribution is 5.94. The number of nitrogens with one attached hydrogen (secondary N) is 3. The molecule has 0 saturated heterocycles. The van der Waals surface area contributed by atoms with Crippen LogP contribution in [0.25, 0.3) is 0 Å². The summed E-state index contributed by atoms with van der Waals surface area (Å²) in [5.74, 6) is 3.10. The van der Waals surface area contributed by atoms with Crippen LogP contribution in [0.2, 0.25) is 0 Å². The standard InChI is InChI=1S/C11H12F2N6O/c12-7-3-6(4-8(13)10(7)18-14)11(20)15-2-1-9-16-5-17-19-9/h3-5,18H,1-2,14H2,(H,15,20)(H,16,17,19). The lowest BCUT2D eigenvalue weighted by Gasteiger charge is -2.08. The quantitative estimate of drug-likeness (QED) is 0.467. The van der Waals surface area contributed by atoms with Gasteiger partial charge < -0.3 is 10.7 Å². The predicted octanol–water partition coefficient (Wildman–Crippen LogP) is 0.341. The third-order valence-corrected chi connectivity index (χ3v) is 2.56. The second-order valence-corrected chi connectivity index (χ2v) is 3.90. The molecule has 1 amide bonds. The maximum absolute atomic E-state index is 13.4. The Morgan fingerprint density at radius 3 is 2.60 bits per heavy atom. The topological polar surface area (TPSA) is 109 Å². The lowest BCUT2D eigenvalue weighted by molar-refractivity contribution is 0.0953. The van der Waals surface area contributed by atoms with Crippen LogP contribution in [0.3, 0.4) is 0 Å². The maximum Gasteiger partial charge on any atom is 0.251 e. The molecule has 2 aromatic rings. The fourth-order valence-electron chi connectivity index (χ4n) is 1.59. The maximum atomic E-state index is 13.4. The van der Waals surface area contributed by atoms with Crippen LogP contribution >= 0.6 is 0 Å². The number of nitrogens with two attached hydrogens (primary N) is 1. The van der Waals surface area contributed by atoms with E-state index in [-0.39, 0.29) is 12.1 Å². The Bertz CT molecular complexity index is 578. The molecule has 20 heavy (non-hydrogen) atoms. The highest BCUT2D eigenvalue weighted by Crippen LogP contribution is 2.19. The summed E-state index contributed by atoms with van der Waals surface area (Å²) in [4.78, 5) is 15.6. The number of carbonyl (C=O) groups is 1. The van der Waals surface area contributed by atoms with Crippen LogP contribution in [0.4, 0.5) is 14.5 Å². The van der Waals surface area contributed by atoms with E-state index in [9.17, 15) is 13.6 Å². The minimum absolute atomic E-state index is 0.128. The number of nitrogens with zero attached hydrogens (tertiary/aromatic N) is 2. The van der Waals surface area contributed by atoms with Crippen LogP contribution in [-0.2, 0) is 6.42 Å². The predicted molar refractivity (Wildman–Crippen MR) is 66.6 cm³/mol. The van der Waals surface area contributed by atoms with Crippen molar-refractivity contribution < 1.29 is 13.6 Å². The molecule has 1 aromatic carbocycles. The largest absolute Gasteiger partial charge is 0.352 e. The first-order chi connectivity index (χ1) is 9.61. The summed E-state index contributed by atoms with van der Waals surface area (Å²) in [6.45, 7) is 0.258.